The summed E-state index contributed by atoms with van der Waals surface area (Å²) in [5.74, 6) is 0.281. The van der Waals surface area contributed by atoms with Crippen molar-refractivity contribution in [3.63, 3.8) is 0 Å². The van der Waals surface area contributed by atoms with Crippen molar-refractivity contribution in [3.05, 3.63) is 18.2 Å². The van der Waals surface area contributed by atoms with Crippen LogP contribution in [0.1, 0.15) is 0 Å². The van der Waals surface area contributed by atoms with Gasteiger partial charge in [0, 0.05) is 6.07 Å². The SMILES string of the molecule is COC(=O)COc1ccc(OC)c(NN=C(C#N)C#N)c1. The number of hydrogen-bond donors (Lipinski definition) is 1. The van der Waals surface area contributed by atoms with E-state index in [9.17, 15) is 4.79 Å². The second-order valence-electron chi connectivity index (χ2n) is 3.52. The molecule has 0 aromatic heterocycles. The Bertz CT molecular complexity index is 612. The zero-order chi connectivity index (χ0) is 15.7. The van der Waals surface area contributed by atoms with Crippen LogP contribution in [0.3, 0.4) is 0 Å². The summed E-state index contributed by atoms with van der Waals surface area (Å²) in [7, 11) is 2.71. The van der Waals surface area contributed by atoms with Crippen LogP contribution in [0.25, 0.3) is 0 Å². The number of carbonyl (C=O) groups excluding carboxylic acids is 1. The van der Waals surface area contributed by atoms with Crippen LogP contribution >= 0.6 is 0 Å². The van der Waals surface area contributed by atoms with Gasteiger partial charge < -0.3 is 14.2 Å². The standard InChI is InChI=1S/C13H12N4O4/c1-19-12-4-3-10(21-8-13(18)20-2)5-11(12)17-16-9(6-14)7-15/h3-5,17H,8H2,1-2H3. The third-order valence-electron chi connectivity index (χ3n) is 2.26. The number of nitrogens with zero attached hydrogens (tertiary/aromatic N) is 3. The van der Waals surface area contributed by atoms with Crippen LogP contribution in [0.2, 0.25) is 0 Å². The first-order chi connectivity index (χ1) is 10.1. The summed E-state index contributed by atoms with van der Waals surface area (Å²) in [5.41, 5.74) is 2.57. The van der Waals surface area contributed by atoms with Crippen molar-refractivity contribution >= 4 is 17.4 Å². The predicted molar refractivity (Wildman–Crippen MR) is 72.8 cm³/mol. The first-order valence-corrected chi connectivity index (χ1v) is 5.66. The van der Waals surface area contributed by atoms with Gasteiger partial charge in [-0.25, -0.2) is 4.79 Å². The molecule has 0 heterocycles. The van der Waals surface area contributed by atoms with Crippen LogP contribution in [-0.2, 0) is 9.53 Å². The number of methoxy groups -OCH3 is 2. The van der Waals surface area contributed by atoms with Crippen molar-refractivity contribution in [3.8, 4) is 23.6 Å². The highest BCUT2D eigenvalue weighted by Crippen LogP contribution is 2.29. The molecular formula is C13H12N4O4. The molecule has 0 amide bonds. The second-order valence-corrected chi connectivity index (χ2v) is 3.52. The highest BCUT2D eigenvalue weighted by Gasteiger charge is 2.07. The highest BCUT2D eigenvalue weighted by atomic mass is 16.6. The number of hydrazone groups is 1. The molecule has 21 heavy (non-hydrogen) atoms. The van der Waals surface area contributed by atoms with Gasteiger partial charge >= 0.3 is 5.97 Å². The normalized spacial score (nSPS) is 8.76. The minimum Gasteiger partial charge on any atom is -0.495 e. The fraction of sp³-hybridized carbons (Fsp3) is 0.231. The molecule has 0 fully saturated rings. The fourth-order valence-electron chi connectivity index (χ4n) is 1.26. The van der Waals surface area contributed by atoms with E-state index in [1.165, 1.54) is 20.3 Å². The van der Waals surface area contributed by atoms with Gasteiger partial charge in [0.05, 0.1) is 14.2 Å². The van der Waals surface area contributed by atoms with Gasteiger partial charge in [-0.2, -0.15) is 15.6 Å². The average molecular weight is 288 g/mol. The van der Waals surface area contributed by atoms with Crippen molar-refractivity contribution in [1.29, 1.82) is 10.5 Å². The minimum absolute atomic E-state index is 0.243. The molecule has 108 valence electrons. The number of benzene rings is 1. The van der Waals surface area contributed by atoms with E-state index in [0.29, 0.717) is 17.2 Å². The molecule has 0 radical (unpaired) electrons. The number of nitriles is 2. The molecule has 0 atom stereocenters. The summed E-state index contributed by atoms with van der Waals surface area (Å²) in [5, 5.41) is 20.8. The number of anilines is 1. The number of hydrogen-bond acceptors (Lipinski definition) is 8. The Kier molecular flexibility index (Phi) is 6.03. The lowest BCUT2D eigenvalue weighted by molar-refractivity contribution is -0.142. The highest BCUT2D eigenvalue weighted by molar-refractivity contribution is 6.10. The Morgan fingerprint density at radius 1 is 1.33 bits per heavy atom. The first kappa shape index (κ1) is 15.8. The smallest absolute Gasteiger partial charge is 0.343 e. The summed E-state index contributed by atoms with van der Waals surface area (Å²) >= 11 is 0. The van der Waals surface area contributed by atoms with E-state index in [-0.39, 0.29) is 12.3 Å². The number of ether oxygens (including phenoxy) is 3. The summed E-state index contributed by atoms with van der Waals surface area (Å²) < 4.78 is 14.8. The Labute approximate surface area is 121 Å². The lowest BCUT2D eigenvalue weighted by Crippen LogP contribution is -2.12. The lowest BCUT2D eigenvalue weighted by Gasteiger charge is -2.10. The van der Waals surface area contributed by atoms with Gasteiger partial charge in [0.25, 0.3) is 0 Å². The monoisotopic (exact) mass is 288 g/mol. The number of esters is 1. The molecule has 0 aliphatic carbocycles. The maximum Gasteiger partial charge on any atom is 0.343 e. The molecule has 0 bridgehead atoms. The van der Waals surface area contributed by atoms with Crippen LogP contribution in [0.4, 0.5) is 5.69 Å². The van der Waals surface area contributed by atoms with Crippen molar-refractivity contribution in [2.24, 2.45) is 5.10 Å². The zero-order valence-corrected chi connectivity index (χ0v) is 11.4. The van der Waals surface area contributed by atoms with E-state index in [2.05, 4.69) is 15.3 Å². The number of rotatable bonds is 6. The van der Waals surface area contributed by atoms with E-state index < -0.39 is 5.97 Å². The minimum atomic E-state index is -0.519. The molecular weight excluding hydrogens is 276 g/mol. The van der Waals surface area contributed by atoms with Gasteiger partial charge in [-0.3, -0.25) is 5.43 Å². The third-order valence-corrected chi connectivity index (χ3v) is 2.26. The largest absolute Gasteiger partial charge is 0.495 e. The maximum absolute atomic E-state index is 11.0. The van der Waals surface area contributed by atoms with Crippen molar-refractivity contribution in [2.45, 2.75) is 0 Å². The van der Waals surface area contributed by atoms with Gasteiger partial charge in [-0.15, -0.1) is 0 Å². The average Bonchev–Trinajstić information content (AvgIpc) is 2.53. The third kappa shape index (κ3) is 4.73. The molecule has 1 aromatic carbocycles. The van der Waals surface area contributed by atoms with Crippen LogP contribution in [0.5, 0.6) is 11.5 Å². The van der Waals surface area contributed by atoms with Crippen molar-refractivity contribution in [1.82, 2.24) is 0 Å². The fourth-order valence-corrected chi connectivity index (χ4v) is 1.26. The molecule has 8 heteroatoms. The Morgan fingerprint density at radius 2 is 2.05 bits per heavy atom. The van der Waals surface area contributed by atoms with Gasteiger partial charge in [-0.05, 0) is 12.1 Å². The van der Waals surface area contributed by atoms with Crippen LogP contribution in [-0.4, -0.2) is 32.5 Å². The van der Waals surface area contributed by atoms with E-state index in [0.717, 1.165) is 0 Å². The molecule has 0 spiro atoms. The van der Waals surface area contributed by atoms with Gasteiger partial charge in [0.1, 0.15) is 29.3 Å². The van der Waals surface area contributed by atoms with E-state index in [4.69, 9.17) is 20.0 Å². The predicted octanol–water partition coefficient (Wildman–Crippen LogP) is 1.06. The van der Waals surface area contributed by atoms with E-state index >= 15 is 0 Å². The first-order valence-electron chi connectivity index (χ1n) is 5.66. The van der Waals surface area contributed by atoms with Gasteiger partial charge in [0.2, 0.25) is 5.71 Å². The summed E-state index contributed by atoms with van der Waals surface area (Å²) in [4.78, 5) is 11.0. The van der Waals surface area contributed by atoms with E-state index in [1.807, 2.05) is 0 Å². The molecule has 0 unspecified atom stereocenters. The molecule has 0 saturated heterocycles. The molecule has 8 nitrogen and oxygen atoms in total. The molecule has 0 saturated carbocycles. The summed E-state index contributed by atoms with van der Waals surface area (Å²) in [6.45, 7) is -0.243. The maximum atomic E-state index is 11.0. The number of carbonyl (C=O) groups is 1. The Balaban J connectivity index is 2.91. The zero-order valence-electron chi connectivity index (χ0n) is 11.4. The molecule has 0 aliphatic rings. The summed E-state index contributed by atoms with van der Waals surface area (Å²) in [6, 6.07) is 7.92. The molecule has 1 N–H and O–H groups in total. The lowest BCUT2D eigenvalue weighted by atomic mass is 10.3. The van der Waals surface area contributed by atoms with Crippen molar-refractivity contribution in [2.75, 3.05) is 26.3 Å². The number of nitrogens with one attached hydrogen (secondary N) is 1. The second kappa shape index (κ2) is 8.02. The van der Waals surface area contributed by atoms with Crippen molar-refractivity contribution < 1.29 is 19.0 Å². The molecule has 0 aliphatic heterocycles. The molecule has 1 aromatic rings. The molecule has 1 rings (SSSR count). The van der Waals surface area contributed by atoms with Crippen LogP contribution in [0.15, 0.2) is 23.3 Å². The topological polar surface area (TPSA) is 117 Å². The Morgan fingerprint density at radius 3 is 2.62 bits per heavy atom. The van der Waals surface area contributed by atoms with E-state index in [1.54, 1.807) is 24.3 Å². The van der Waals surface area contributed by atoms with Crippen LogP contribution < -0.4 is 14.9 Å². The van der Waals surface area contributed by atoms with Crippen LogP contribution in [0, 0.1) is 22.7 Å². The van der Waals surface area contributed by atoms with Gasteiger partial charge in [0.15, 0.2) is 6.61 Å². The summed E-state index contributed by atoms with van der Waals surface area (Å²) in [6.07, 6.45) is 0. The Hall–Kier alpha value is -3.26. The quantitative estimate of drug-likeness (QED) is 0.472. The van der Waals surface area contributed by atoms with Gasteiger partial charge in [-0.1, -0.05) is 0 Å².